The molecule has 0 heterocycles. The van der Waals surface area contributed by atoms with Crippen molar-refractivity contribution in [2.24, 2.45) is 23.7 Å². The van der Waals surface area contributed by atoms with Gasteiger partial charge in [-0.2, -0.15) is 0 Å². The normalized spacial score (nSPS) is 34.4. The van der Waals surface area contributed by atoms with Gasteiger partial charge in [0.15, 0.2) is 0 Å². The van der Waals surface area contributed by atoms with E-state index in [9.17, 15) is 0 Å². The molecule has 1 nitrogen and oxygen atoms in total. The fraction of sp³-hybridized carbons (Fsp3) is 1.00. The Labute approximate surface area is 170 Å². The topological polar surface area (TPSA) is 9.23 Å². The van der Waals surface area contributed by atoms with Gasteiger partial charge in [-0.25, -0.2) is 0 Å². The second-order valence-electron chi connectivity index (χ2n) is 10.4. The summed E-state index contributed by atoms with van der Waals surface area (Å²) >= 11 is 0. The van der Waals surface area contributed by atoms with Crippen LogP contribution in [0.2, 0.25) is 0 Å². The van der Waals surface area contributed by atoms with Crippen molar-refractivity contribution in [2.75, 3.05) is 6.61 Å². The monoisotopic (exact) mass is 376 g/mol. The minimum atomic E-state index is 0.275. The van der Waals surface area contributed by atoms with Gasteiger partial charge in [-0.05, 0) is 55.8 Å². The van der Waals surface area contributed by atoms with Crippen molar-refractivity contribution in [2.45, 2.75) is 135 Å². The first-order chi connectivity index (χ1) is 13.3. The Morgan fingerprint density at radius 2 is 1.15 bits per heavy atom. The van der Waals surface area contributed by atoms with E-state index in [1.54, 1.807) is 0 Å². The second kappa shape index (κ2) is 11.2. The number of ether oxygens (including phenoxy) is 1. The predicted molar refractivity (Wildman–Crippen MR) is 117 cm³/mol. The molecular weight excluding hydrogens is 328 g/mol. The highest BCUT2D eigenvalue weighted by molar-refractivity contribution is 4.93. The van der Waals surface area contributed by atoms with Gasteiger partial charge in [-0.15, -0.1) is 0 Å². The van der Waals surface area contributed by atoms with Crippen LogP contribution < -0.4 is 0 Å². The Morgan fingerprint density at radius 3 is 1.67 bits per heavy atom. The van der Waals surface area contributed by atoms with Gasteiger partial charge in [-0.1, -0.05) is 97.3 Å². The van der Waals surface area contributed by atoms with Crippen molar-refractivity contribution < 1.29 is 4.74 Å². The Kier molecular flexibility index (Phi) is 9.01. The molecule has 0 aromatic carbocycles. The van der Waals surface area contributed by atoms with Crippen molar-refractivity contribution in [3.8, 4) is 0 Å². The third-order valence-electron chi connectivity index (χ3n) is 8.53. The van der Waals surface area contributed by atoms with Gasteiger partial charge in [0.25, 0.3) is 0 Å². The predicted octanol–water partition coefficient (Wildman–Crippen LogP) is 8.31. The molecule has 0 unspecified atom stereocenters. The van der Waals surface area contributed by atoms with Crippen molar-refractivity contribution >= 4 is 0 Å². The van der Waals surface area contributed by atoms with E-state index in [1.807, 2.05) is 0 Å². The lowest BCUT2D eigenvalue weighted by Gasteiger charge is -2.46. The zero-order chi connectivity index (χ0) is 19.0. The van der Waals surface area contributed by atoms with Gasteiger partial charge in [0.1, 0.15) is 0 Å². The number of hydrogen-bond donors (Lipinski definition) is 0. The van der Waals surface area contributed by atoms with Crippen LogP contribution in [0.25, 0.3) is 0 Å². The third kappa shape index (κ3) is 6.22. The Morgan fingerprint density at radius 1 is 0.630 bits per heavy atom. The zero-order valence-corrected chi connectivity index (χ0v) is 18.7. The van der Waals surface area contributed by atoms with Crippen LogP contribution in [0, 0.1) is 23.7 Å². The molecule has 3 aliphatic carbocycles. The molecule has 0 aromatic rings. The van der Waals surface area contributed by atoms with Gasteiger partial charge in [0.2, 0.25) is 0 Å². The maximum absolute atomic E-state index is 6.58. The molecule has 158 valence electrons. The molecule has 0 aliphatic heterocycles. The van der Waals surface area contributed by atoms with Crippen molar-refractivity contribution in [3.05, 3.63) is 0 Å². The molecule has 0 N–H and O–H groups in total. The quantitative estimate of drug-likeness (QED) is 0.393. The highest BCUT2D eigenvalue weighted by Gasteiger charge is 2.42. The summed E-state index contributed by atoms with van der Waals surface area (Å²) in [5, 5.41) is 0. The minimum Gasteiger partial charge on any atom is -0.375 e. The van der Waals surface area contributed by atoms with Crippen molar-refractivity contribution in [1.29, 1.82) is 0 Å². The maximum Gasteiger partial charge on any atom is 0.0710 e. The summed E-state index contributed by atoms with van der Waals surface area (Å²) in [4.78, 5) is 0. The maximum atomic E-state index is 6.58. The van der Waals surface area contributed by atoms with Crippen molar-refractivity contribution in [3.63, 3.8) is 0 Å². The van der Waals surface area contributed by atoms with Crippen LogP contribution in [0.1, 0.15) is 129 Å². The molecule has 3 rings (SSSR count). The molecule has 3 fully saturated rings. The Hall–Kier alpha value is -0.0400. The van der Waals surface area contributed by atoms with Gasteiger partial charge >= 0.3 is 0 Å². The van der Waals surface area contributed by atoms with E-state index in [4.69, 9.17) is 4.74 Å². The second-order valence-corrected chi connectivity index (χ2v) is 10.4. The molecule has 1 heteroatoms. The SMILES string of the molecule is CCCOC1(C2CCC(CCC3CCC(CCC)CC3)CC2)CCCCC1. The molecule has 0 atom stereocenters. The average molecular weight is 377 g/mol. The van der Waals surface area contributed by atoms with Gasteiger partial charge in [0.05, 0.1) is 5.60 Å². The molecule has 3 aliphatic rings. The van der Waals surface area contributed by atoms with Crippen LogP contribution in [0.5, 0.6) is 0 Å². The average Bonchev–Trinajstić information content (AvgIpc) is 2.73. The Bertz CT molecular complexity index is 381. The molecule has 0 saturated heterocycles. The van der Waals surface area contributed by atoms with E-state index >= 15 is 0 Å². The molecule has 0 radical (unpaired) electrons. The van der Waals surface area contributed by atoms with E-state index in [2.05, 4.69) is 13.8 Å². The van der Waals surface area contributed by atoms with E-state index in [0.717, 1.165) is 30.3 Å². The van der Waals surface area contributed by atoms with E-state index in [-0.39, 0.29) is 5.60 Å². The smallest absolute Gasteiger partial charge is 0.0710 e. The van der Waals surface area contributed by atoms with Crippen LogP contribution in [-0.4, -0.2) is 12.2 Å². The molecule has 27 heavy (non-hydrogen) atoms. The van der Waals surface area contributed by atoms with Gasteiger partial charge < -0.3 is 4.74 Å². The minimum absolute atomic E-state index is 0.275. The fourth-order valence-electron chi connectivity index (χ4n) is 6.79. The highest BCUT2D eigenvalue weighted by Crippen LogP contribution is 2.46. The largest absolute Gasteiger partial charge is 0.375 e. The lowest BCUT2D eigenvalue weighted by molar-refractivity contribution is -0.121. The van der Waals surface area contributed by atoms with Gasteiger partial charge in [-0.3, -0.25) is 0 Å². The first-order valence-electron chi connectivity index (χ1n) is 12.9. The summed E-state index contributed by atoms with van der Waals surface area (Å²) in [6, 6.07) is 0. The molecule has 0 bridgehead atoms. The first kappa shape index (κ1) is 21.7. The van der Waals surface area contributed by atoms with Crippen LogP contribution in [0.4, 0.5) is 0 Å². The molecule has 0 spiro atoms. The van der Waals surface area contributed by atoms with E-state index in [1.165, 1.54) is 116 Å². The summed E-state index contributed by atoms with van der Waals surface area (Å²) in [5.74, 6) is 4.02. The molecular formula is C26H48O. The number of hydrogen-bond acceptors (Lipinski definition) is 1. The molecule has 3 saturated carbocycles. The van der Waals surface area contributed by atoms with Crippen molar-refractivity contribution in [1.82, 2.24) is 0 Å². The van der Waals surface area contributed by atoms with Gasteiger partial charge in [0, 0.05) is 6.61 Å². The summed E-state index contributed by atoms with van der Waals surface area (Å²) < 4.78 is 6.58. The van der Waals surface area contributed by atoms with E-state index < -0.39 is 0 Å². The molecule has 0 aromatic heterocycles. The lowest BCUT2D eigenvalue weighted by Crippen LogP contribution is -2.44. The van der Waals surface area contributed by atoms with E-state index in [0.29, 0.717) is 0 Å². The number of rotatable bonds is 9. The molecule has 0 amide bonds. The summed E-state index contributed by atoms with van der Waals surface area (Å²) in [7, 11) is 0. The van der Waals surface area contributed by atoms with Crippen LogP contribution in [0.15, 0.2) is 0 Å². The van der Waals surface area contributed by atoms with Crippen LogP contribution >= 0.6 is 0 Å². The lowest BCUT2D eigenvalue weighted by atomic mass is 9.67. The Balaban J connectivity index is 1.38. The summed E-state index contributed by atoms with van der Waals surface area (Å²) in [5.41, 5.74) is 0.275. The zero-order valence-electron chi connectivity index (χ0n) is 18.7. The highest BCUT2D eigenvalue weighted by atomic mass is 16.5. The van der Waals surface area contributed by atoms with Crippen LogP contribution in [-0.2, 0) is 4.74 Å². The summed E-state index contributed by atoms with van der Waals surface area (Å²) in [6.45, 7) is 5.61. The fourth-order valence-corrected chi connectivity index (χ4v) is 6.79. The standard InChI is InChI=1S/C26H48O/c1-3-8-22-9-11-23(12-10-22)13-14-24-15-17-25(18-16-24)26(27-21-4-2)19-6-5-7-20-26/h22-25H,3-21H2,1-2H3. The first-order valence-corrected chi connectivity index (χ1v) is 12.9. The van der Waals surface area contributed by atoms with Crippen LogP contribution in [0.3, 0.4) is 0 Å². The third-order valence-corrected chi connectivity index (χ3v) is 8.53. The summed E-state index contributed by atoms with van der Waals surface area (Å²) in [6.07, 6.45) is 26.1.